The maximum Gasteiger partial charge on any atom is 0.191 e. The van der Waals surface area contributed by atoms with Gasteiger partial charge < -0.3 is 15.2 Å². The third-order valence-corrected chi connectivity index (χ3v) is 4.87. The highest BCUT2D eigenvalue weighted by molar-refractivity contribution is 5.79. The molecule has 2 N–H and O–H groups in total. The first-order valence-electron chi connectivity index (χ1n) is 9.08. The van der Waals surface area contributed by atoms with Gasteiger partial charge in [0.1, 0.15) is 5.76 Å². The smallest absolute Gasteiger partial charge is 0.191 e. The third kappa shape index (κ3) is 4.98. The Morgan fingerprint density at radius 2 is 2.09 bits per heavy atom. The van der Waals surface area contributed by atoms with Crippen LogP contribution in [0, 0.1) is 11.8 Å². The highest BCUT2D eigenvalue weighted by atomic mass is 16.5. The molecule has 0 saturated heterocycles. The van der Waals surface area contributed by atoms with E-state index in [0.717, 1.165) is 55.2 Å². The Labute approximate surface area is 140 Å². The van der Waals surface area contributed by atoms with Crippen molar-refractivity contribution in [3.8, 4) is 0 Å². The van der Waals surface area contributed by atoms with E-state index >= 15 is 0 Å². The summed E-state index contributed by atoms with van der Waals surface area (Å²) in [5.74, 6) is 3.48. The van der Waals surface area contributed by atoms with E-state index in [1.165, 1.54) is 31.2 Å². The Hall–Kier alpha value is -1.52. The number of nitrogens with one attached hydrogen (secondary N) is 2. The van der Waals surface area contributed by atoms with Crippen molar-refractivity contribution in [1.29, 1.82) is 0 Å². The molecule has 0 aliphatic heterocycles. The van der Waals surface area contributed by atoms with Crippen LogP contribution in [0.15, 0.2) is 9.52 Å². The molecule has 1 aliphatic rings. The van der Waals surface area contributed by atoms with Crippen LogP contribution in [0.5, 0.6) is 0 Å². The van der Waals surface area contributed by atoms with Gasteiger partial charge in [-0.2, -0.15) is 0 Å². The summed E-state index contributed by atoms with van der Waals surface area (Å²) in [6.45, 7) is 8.30. The van der Waals surface area contributed by atoms with Crippen LogP contribution in [0.25, 0.3) is 0 Å². The molecule has 2 atom stereocenters. The van der Waals surface area contributed by atoms with Crippen LogP contribution in [0.1, 0.15) is 63.5 Å². The van der Waals surface area contributed by atoms with Gasteiger partial charge in [0.2, 0.25) is 0 Å². The van der Waals surface area contributed by atoms with E-state index in [1.54, 1.807) is 0 Å². The van der Waals surface area contributed by atoms with Gasteiger partial charge in [0.15, 0.2) is 5.96 Å². The fourth-order valence-corrected chi connectivity index (χ4v) is 3.52. The lowest BCUT2D eigenvalue weighted by Gasteiger charge is -2.27. The zero-order valence-corrected chi connectivity index (χ0v) is 15.1. The van der Waals surface area contributed by atoms with E-state index < -0.39 is 0 Å². The van der Waals surface area contributed by atoms with Crippen molar-refractivity contribution in [3.63, 3.8) is 0 Å². The lowest BCUT2D eigenvalue weighted by molar-refractivity contribution is 0.282. The molecule has 1 aromatic heterocycles. The maximum absolute atomic E-state index is 5.42. The van der Waals surface area contributed by atoms with Gasteiger partial charge in [0.25, 0.3) is 0 Å². The highest BCUT2D eigenvalue weighted by Crippen LogP contribution is 2.27. The first kappa shape index (κ1) is 17.8. The van der Waals surface area contributed by atoms with E-state index in [9.17, 15) is 0 Å². The number of aromatic nitrogens is 1. The molecular formula is C18H32N4O. The van der Waals surface area contributed by atoms with Gasteiger partial charge in [-0.1, -0.05) is 38.8 Å². The number of nitrogens with zero attached hydrogens (tertiary/aromatic N) is 2. The Morgan fingerprint density at radius 1 is 1.26 bits per heavy atom. The molecule has 23 heavy (non-hydrogen) atoms. The molecule has 1 heterocycles. The van der Waals surface area contributed by atoms with Crippen LogP contribution >= 0.6 is 0 Å². The minimum Gasteiger partial charge on any atom is -0.361 e. The summed E-state index contributed by atoms with van der Waals surface area (Å²) in [4.78, 5) is 4.35. The largest absolute Gasteiger partial charge is 0.361 e. The van der Waals surface area contributed by atoms with Crippen LogP contribution in [0.3, 0.4) is 0 Å². The van der Waals surface area contributed by atoms with Crippen molar-refractivity contribution >= 4 is 5.96 Å². The quantitative estimate of drug-likeness (QED) is 0.623. The van der Waals surface area contributed by atoms with Gasteiger partial charge in [-0.05, 0) is 31.1 Å². The average Bonchev–Trinajstić information content (AvgIpc) is 2.97. The molecule has 0 amide bonds. The number of aryl methyl sites for hydroxylation is 2. The van der Waals surface area contributed by atoms with Crippen LogP contribution in [-0.2, 0) is 19.4 Å². The zero-order chi connectivity index (χ0) is 16.7. The molecule has 0 bridgehead atoms. The molecule has 0 spiro atoms. The van der Waals surface area contributed by atoms with Crippen molar-refractivity contribution in [3.05, 3.63) is 17.0 Å². The molecule has 130 valence electrons. The number of rotatable bonds is 6. The summed E-state index contributed by atoms with van der Waals surface area (Å²) >= 11 is 0. The second-order valence-corrected chi connectivity index (χ2v) is 6.68. The Morgan fingerprint density at radius 3 is 2.74 bits per heavy atom. The monoisotopic (exact) mass is 320 g/mol. The zero-order valence-electron chi connectivity index (χ0n) is 15.1. The minimum atomic E-state index is 0.719. The van der Waals surface area contributed by atoms with Crippen LogP contribution in [0.4, 0.5) is 0 Å². The van der Waals surface area contributed by atoms with E-state index in [1.807, 2.05) is 7.05 Å². The molecule has 2 unspecified atom stereocenters. The fraction of sp³-hybridized carbons (Fsp3) is 0.778. The lowest BCUT2D eigenvalue weighted by atomic mass is 9.82. The molecule has 1 saturated carbocycles. The molecule has 1 aliphatic carbocycles. The molecule has 1 aromatic rings. The van der Waals surface area contributed by atoms with Crippen LogP contribution < -0.4 is 10.6 Å². The van der Waals surface area contributed by atoms with Gasteiger partial charge in [-0.15, -0.1) is 0 Å². The van der Waals surface area contributed by atoms with Gasteiger partial charge in [-0.3, -0.25) is 4.99 Å². The van der Waals surface area contributed by atoms with Gasteiger partial charge in [0, 0.05) is 32.1 Å². The fourth-order valence-electron chi connectivity index (χ4n) is 3.52. The number of aliphatic imine (C=N–C) groups is 1. The van der Waals surface area contributed by atoms with Gasteiger partial charge >= 0.3 is 0 Å². The highest BCUT2D eigenvalue weighted by Gasteiger charge is 2.19. The standard InChI is InChI=1S/C18H32N4O/c1-5-16-15(17(6-2)23-22-16)12-21-18(19-4)20-11-14-9-7-8-13(3)10-14/h13-14H,5-12H2,1-4H3,(H2,19,20,21). The predicted molar refractivity (Wildman–Crippen MR) is 94.6 cm³/mol. The molecule has 1 fully saturated rings. The van der Waals surface area contributed by atoms with Crippen molar-refractivity contribution in [2.75, 3.05) is 13.6 Å². The van der Waals surface area contributed by atoms with Crippen molar-refractivity contribution in [2.45, 2.75) is 65.8 Å². The van der Waals surface area contributed by atoms with Crippen LogP contribution in [-0.4, -0.2) is 24.7 Å². The molecule has 0 radical (unpaired) electrons. The summed E-state index contributed by atoms with van der Waals surface area (Å²) in [7, 11) is 1.83. The van der Waals surface area contributed by atoms with Crippen molar-refractivity contribution in [1.82, 2.24) is 15.8 Å². The topological polar surface area (TPSA) is 62.5 Å². The minimum absolute atomic E-state index is 0.719. The molecule has 5 heteroatoms. The number of hydrogen-bond donors (Lipinski definition) is 2. The Balaban J connectivity index is 1.84. The number of hydrogen-bond acceptors (Lipinski definition) is 3. The summed E-state index contributed by atoms with van der Waals surface area (Å²) in [6, 6.07) is 0. The summed E-state index contributed by atoms with van der Waals surface area (Å²) < 4.78 is 5.42. The van der Waals surface area contributed by atoms with Crippen molar-refractivity contribution < 1.29 is 4.52 Å². The van der Waals surface area contributed by atoms with Crippen LogP contribution in [0.2, 0.25) is 0 Å². The van der Waals surface area contributed by atoms with E-state index in [-0.39, 0.29) is 0 Å². The molecular weight excluding hydrogens is 288 g/mol. The predicted octanol–water partition coefficient (Wildman–Crippen LogP) is 3.29. The first-order chi connectivity index (χ1) is 11.2. The summed E-state index contributed by atoms with van der Waals surface area (Å²) in [6.07, 6.45) is 7.18. The summed E-state index contributed by atoms with van der Waals surface area (Å²) in [5.41, 5.74) is 2.23. The maximum atomic E-state index is 5.42. The molecule has 5 nitrogen and oxygen atoms in total. The van der Waals surface area contributed by atoms with E-state index in [4.69, 9.17) is 4.52 Å². The molecule has 2 rings (SSSR count). The number of guanidine groups is 1. The van der Waals surface area contributed by atoms with Gasteiger partial charge in [0.05, 0.1) is 5.69 Å². The van der Waals surface area contributed by atoms with E-state index in [2.05, 4.69) is 41.6 Å². The van der Waals surface area contributed by atoms with Gasteiger partial charge in [-0.25, -0.2) is 0 Å². The Kier molecular flexibility index (Phi) is 6.93. The average molecular weight is 320 g/mol. The second-order valence-electron chi connectivity index (χ2n) is 6.68. The third-order valence-electron chi connectivity index (χ3n) is 4.87. The second kappa shape index (κ2) is 8.94. The lowest BCUT2D eigenvalue weighted by Crippen LogP contribution is -2.40. The SMILES string of the molecule is CCc1noc(CC)c1CNC(=NC)NCC1CCCC(C)C1. The Bertz CT molecular complexity index is 488. The molecule has 0 aromatic carbocycles. The normalized spacial score (nSPS) is 22.2. The summed E-state index contributed by atoms with van der Waals surface area (Å²) in [5, 5.41) is 11.1. The van der Waals surface area contributed by atoms with Crippen molar-refractivity contribution in [2.24, 2.45) is 16.8 Å². The first-order valence-corrected chi connectivity index (χ1v) is 9.08. The van der Waals surface area contributed by atoms with E-state index in [0.29, 0.717) is 0 Å².